The van der Waals surface area contributed by atoms with E-state index in [-0.39, 0.29) is 24.1 Å². The van der Waals surface area contributed by atoms with Crippen molar-refractivity contribution < 1.29 is 9.59 Å². The minimum absolute atomic E-state index is 0.129. The highest BCUT2D eigenvalue weighted by molar-refractivity contribution is 6.42. The summed E-state index contributed by atoms with van der Waals surface area (Å²) in [5, 5.41) is 7.80. The second kappa shape index (κ2) is 8.46. The molecular formula is C20H18Cl2N4O2. The molecule has 1 N–H and O–H groups in total. The Labute approximate surface area is 172 Å². The van der Waals surface area contributed by atoms with Crippen molar-refractivity contribution in [2.24, 2.45) is 0 Å². The number of halogens is 2. The number of para-hydroxylation sites is 1. The smallest absolute Gasteiger partial charge is 0.274 e. The Kier molecular flexibility index (Phi) is 6.02. The maximum atomic E-state index is 12.7. The molecule has 0 atom stereocenters. The third-order valence-corrected chi connectivity index (χ3v) is 4.78. The number of carbonyl (C=O) groups is 2. The van der Waals surface area contributed by atoms with Gasteiger partial charge >= 0.3 is 0 Å². The first-order valence-electron chi connectivity index (χ1n) is 8.47. The Hall–Kier alpha value is -2.83. The van der Waals surface area contributed by atoms with Gasteiger partial charge in [0.1, 0.15) is 0 Å². The van der Waals surface area contributed by atoms with Crippen LogP contribution in [0.4, 0.5) is 5.69 Å². The van der Waals surface area contributed by atoms with Crippen LogP contribution in [-0.4, -0.2) is 40.1 Å². The Morgan fingerprint density at radius 2 is 1.79 bits per heavy atom. The van der Waals surface area contributed by atoms with Gasteiger partial charge in [-0.3, -0.25) is 9.59 Å². The van der Waals surface area contributed by atoms with E-state index in [0.29, 0.717) is 15.7 Å². The zero-order valence-electron chi connectivity index (χ0n) is 15.3. The maximum absolute atomic E-state index is 12.7. The molecular weight excluding hydrogens is 399 g/mol. The third-order valence-electron chi connectivity index (χ3n) is 4.04. The number of benzene rings is 2. The van der Waals surface area contributed by atoms with E-state index in [0.717, 1.165) is 11.4 Å². The SMILES string of the molecule is Cc1cc(C(=O)N(C)CC(=O)Nc2ccc(Cl)c(Cl)c2)nn1-c1ccccc1. The van der Waals surface area contributed by atoms with Crippen LogP contribution in [0.3, 0.4) is 0 Å². The van der Waals surface area contributed by atoms with Gasteiger partial charge in [0.25, 0.3) is 5.91 Å². The summed E-state index contributed by atoms with van der Waals surface area (Å²) in [6, 6.07) is 16.0. The number of nitrogens with zero attached hydrogens (tertiary/aromatic N) is 3. The number of rotatable bonds is 5. The van der Waals surface area contributed by atoms with Crippen molar-refractivity contribution in [3.05, 3.63) is 76.0 Å². The van der Waals surface area contributed by atoms with Crippen molar-refractivity contribution in [1.29, 1.82) is 0 Å². The van der Waals surface area contributed by atoms with Gasteiger partial charge in [0.2, 0.25) is 5.91 Å². The predicted molar refractivity (Wildman–Crippen MR) is 110 cm³/mol. The van der Waals surface area contributed by atoms with Gasteiger partial charge < -0.3 is 10.2 Å². The number of anilines is 1. The minimum Gasteiger partial charge on any atom is -0.331 e. The highest BCUT2D eigenvalue weighted by Crippen LogP contribution is 2.25. The van der Waals surface area contributed by atoms with Crippen molar-refractivity contribution in [2.75, 3.05) is 18.9 Å². The van der Waals surface area contributed by atoms with E-state index >= 15 is 0 Å². The summed E-state index contributed by atoms with van der Waals surface area (Å²) in [4.78, 5) is 26.2. The number of carbonyl (C=O) groups excluding carboxylic acids is 2. The molecule has 3 aromatic rings. The Bertz CT molecular complexity index is 1020. The second-order valence-corrected chi connectivity index (χ2v) is 7.07. The molecule has 144 valence electrons. The zero-order valence-corrected chi connectivity index (χ0v) is 16.8. The molecule has 0 saturated carbocycles. The number of aryl methyl sites for hydroxylation is 1. The molecule has 0 fully saturated rings. The molecule has 0 aliphatic carbocycles. The van der Waals surface area contributed by atoms with Crippen molar-refractivity contribution >= 4 is 40.7 Å². The molecule has 2 aromatic carbocycles. The summed E-state index contributed by atoms with van der Waals surface area (Å²) in [5.41, 5.74) is 2.46. The fourth-order valence-electron chi connectivity index (χ4n) is 2.67. The number of aromatic nitrogens is 2. The molecule has 0 aliphatic heterocycles. The number of hydrogen-bond acceptors (Lipinski definition) is 3. The first-order chi connectivity index (χ1) is 13.3. The lowest BCUT2D eigenvalue weighted by Crippen LogP contribution is -2.35. The van der Waals surface area contributed by atoms with Crippen LogP contribution >= 0.6 is 23.2 Å². The Balaban J connectivity index is 1.67. The molecule has 1 aromatic heterocycles. The summed E-state index contributed by atoms with van der Waals surface area (Å²) in [5.74, 6) is -0.699. The largest absolute Gasteiger partial charge is 0.331 e. The van der Waals surface area contributed by atoms with Crippen molar-refractivity contribution in [1.82, 2.24) is 14.7 Å². The highest BCUT2D eigenvalue weighted by atomic mass is 35.5. The summed E-state index contributed by atoms with van der Waals surface area (Å²) in [6.07, 6.45) is 0. The second-order valence-electron chi connectivity index (χ2n) is 6.26. The van der Waals surface area contributed by atoms with Crippen molar-refractivity contribution in [3.8, 4) is 5.69 Å². The number of likely N-dealkylation sites (N-methyl/N-ethyl adjacent to an activating group) is 1. The third kappa shape index (κ3) is 4.52. The van der Waals surface area contributed by atoms with Gasteiger partial charge in [0, 0.05) is 18.4 Å². The molecule has 2 amide bonds. The average molecular weight is 417 g/mol. The van der Waals surface area contributed by atoms with Gasteiger partial charge in [-0.05, 0) is 43.3 Å². The first-order valence-corrected chi connectivity index (χ1v) is 9.23. The summed E-state index contributed by atoms with van der Waals surface area (Å²) in [6.45, 7) is 1.74. The average Bonchev–Trinajstić information content (AvgIpc) is 3.06. The van der Waals surface area contributed by atoms with Crippen LogP contribution < -0.4 is 5.32 Å². The van der Waals surface area contributed by atoms with Crippen LogP contribution in [0.1, 0.15) is 16.2 Å². The normalized spacial score (nSPS) is 10.6. The Morgan fingerprint density at radius 3 is 2.46 bits per heavy atom. The molecule has 0 bridgehead atoms. The zero-order chi connectivity index (χ0) is 20.3. The maximum Gasteiger partial charge on any atom is 0.274 e. The molecule has 1 heterocycles. The van der Waals surface area contributed by atoms with Crippen molar-refractivity contribution in [3.63, 3.8) is 0 Å². The Morgan fingerprint density at radius 1 is 1.07 bits per heavy atom. The van der Waals surface area contributed by atoms with Crippen LogP contribution in [0.5, 0.6) is 0 Å². The fourth-order valence-corrected chi connectivity index (χ4v) is 2.96. The van der Waals surface area contributed by atoms with Crippen LogP contribution in [0.15, 0.2) is 54.6 Å². The van der Waals surface area contributed by atoms with Crippen LogP contribution in [-0.2, 0) is 4.79 Å². The van der Waals surface area contributed by atoms with Gasteiger partial charge in [-0.25, -0.2) is 4.68 Å². The number of nitrogens with one attached hydrogen (secondary N) is 1. The topological polar surface area (TPSA) is 67.2 Å². The molecule has 8 heteroatoms. The quantitative estimate of drug-likeness (QED) is 0.677. The minimum atomic E-state index is -0.353. The van der Waals surface area contributed by atoms with E-state index in [1.165, 1.54) is 4.90 Å². The van der Waals surface area contributed by atoms with Crippen LogP contribution in [0, 0.1) is 6.92 Å². The van der Waals surface area contributed by atoms with E-state index in [4.69, 9.17) is 23.2 Å². The lowest BCUT2D eigenvalue weighted by molar-refractivity contribution is -0.116. The fraction of sp³-hybridized carbons (Fsp3) is 0.150. The van der Waals surface area contributed by atoms with E-state index < -0.39 is 0 Å². The summed E-state index contributed by atoms with van der Waals surface area (Å²) >= 11 is 11.8. The first kappa shape index (κ1) is 19.9. The van der Waals surface area contributed by atoms with E-state index in [1.54, 1.807) is 36.0 Å². The lowest BCUT2D eigenvalue weighted by Gasteiger charge is -2.15. The molecule has 0 aliphatic rings. The molecule has 0 unspecified atom stereocenters. The molecule has 0 spiro atoms. The predicted octanol–water partition coefficient (Wildman–Crippen LogP) is 4.20. The van der Waals surface area contributed by atoms with Crippen LogP contribution in [0.25, 0.3) is 5.69 Å². The van der Waals surface area contributed by atoms with Gasteiger partial charge in [-0.1, -0.05) is 41.4 Å². The van der Waals surface area contributed by atoms with E-state index in [1.807, 2.05) is 37.3 Å². The van der Waals surface area contributed by atoms with Crippen molar-refractivity contribution in [2.45, 2.75) is 6.92 Å². The van der Waals surface area contributed by atoms with Gasteiger partial charge in [-0.2, -0.15) is 5.10 Å². The van der Waals surface area contributed by atoms with Gasteiger partial charge in [-0.15, -0.1) is 0 Å². The number of hydrogen-bond donors (Lipinski definition) is 1. The van der Waals surface area contributed by atoms with Gasteiger partial charge in [0.15, 0.2) is 5.69 Å². The molecule has 0 radical (unpaired) electrons. The summed E-state index contributed by atoms with van der Waals surface area (Å²) < 4.78 is 1.69. The monoisotopic (exact) mass is 416 g/mol. The molecule has 3 rings (SSSR count). The molecule has 28 heavy (non-hydrogen) atoms. The molecule has 0 saturated heterocycles. The highest BCUT2D eigenvalue weighted by Gasteiger charge is 2.19. The van der Waals surface area contributed by atoms with E-state index in [2.05, 4.69) is 10.4 Å². The van der Waals surface area contributed by atoms with Gasteiger partial charge in [0.05, 0.1) is 22.3 Å². The van der Waals surface area contributed by atoms with E-state index in [9.17, 15) is 9.59 Å². The van der Waals surface area contributed by atoms with Crippen LogP contribution in [0.2, 0.25) is 10.0 Å². The standard InChI is InChI=1S/C20H18Cl2N4O2/c1-13-10-18(24-26(13)15-6-4-3-5-7-15)20(28)25(2)12-19(27)23-14-8-9-16(21)17(22)11-14/h3-11H,12H2,1-2H3,(H,23,27). The lowest BCUT2D eigenvalue weighted by atomic mass is 10.3. The molecule has 6 nitrogen and oxygen atoms in total. The number of amides is 2. The summed E-state index contributed by atoms with van der Waals surface area (Å²) in [7, 11) is 1.55.